The van der Waals surface area contributed by atoms with Gasteiger partial charge < -0.3 is 14.6 Å². The highest BCUT2D eigenvalue weighted by atomic mass is 16.5. The Morgan fingerprint density at radius 2 is 2.00 bits per heavy atom. The Balaban J connectivity index is 2.52. The van der Waals surface area contributed by atoms with Crippen molar-refractivity contribution in [2.45, 2.75) is 19.4 Å². The predicted octanol–water partition coefficient (Wildman–Crippen LogP) is 2.16. The third-order valence-corrected chi connectivity index (χ3v) is 2.12. The van der Waals surface area contributed by atoms with E-state index in [4.69, 9.17) is 9.47 Å². The van der Waals surface area contributed by atoms with Crippen LogP contribution < -0.4 is 4.74 Å². The van der Waals surface area contributed by atoms with Crippen molar-refractivity contribution in [2.24, 2.45) is 0 Å². The van der Waals surface area contributed by atoms with Gasteiger partial charge in [-0.25, -0.2) is 0 Å². The van der Waals surface area contributed by atoms with Crippen LogP contribution in [-0.2, 0) is 4.74 Å². The normalized spacial score (nSPS) is 12.5. The third-order valence-electron chi connectivity index (χ3n) is 2.12. The van der Waals surface area contributed by atoms with E-state index >= 15 is 0 Å². The van der Waals surface area contributed by atoms with E-state index in [2.05, 4.69) is 0 Å². The Hall–Kier alpha value is -1.06. The second kappa shape index (κ2) is 6.43. The molecule has 1 N–H and O–H groups in total. The van der Waals surface area contributed by atoms with Crippen LogP contribution in [0.1, 0.15) is 25.0 Å². The third kappa shape index (κ3) is 3.90. The molecule has 1 unspecified atom stereocenters. The molecular formula is C12H18O3. The summed E-state index contributed by atoms with van der Waals surface area (Å²) < 4.78 is 10.5. The van der Waals surface area contributed by atoms with Crippen LogP contribution in [0.3, 0.4) is 0 Å². The molecule has 0 saturated carbocycles. The second-order valence-electron chi connectivity index (χ2n) is 3.41. The minimum Gasteiger partial charge on any atom is -0.493 e. The topological polar surface area (TPSA) is 38.7 Å². The maximum atomic E-state index is 9.50. The average Bonchev–Trinajstić information content (AvgIpc) is 2.25. The van der Waals surface area contributed by atoms with Crippen LogP contribution in [0.15, 0.2) is 24.3 Å². The van der Waals surface area contributed by atoms with E-state index < -0.39 is 6.10 Å². The summed E-state index contributed by atoms with van der Waals surface area (Å²) in [4.78, 5) is 0. The monoisotopic (exact) mass is 210 g/mol. The van der Waals surface area contributed by atoms with Gasteiger partial charge in [-0.15, -0.1) is 0 Å². The molecule has 0 fully saturated rings. The van der Waals surface area contributed by atoms with Crippen LogP contribution in [0.4, 0.5) is 0 Å². The Morgan fingerprint density at radius 3 is 2.67 bits per heavy atom. The highest BCUT2D eigenvalue weighted by molar-refractivity contribution is 5.34. The fraction of sp³-hybridized carbons (Fsp3) is 0.500. The lowest BCUT2D eigenvalue weighted by Crippen LogP contribution is -2.04. The first kappa shape index (κ1) is 12.0. The molecule has 0 bridgehead atoms. The zero-order chi connectivity index (χ0) is 11.1. The molecule has 84 valence electrons. The summed E-state index contributed by atoms with van der Waals surface area (Å²) in [5, 5.41) is 9.50. The second-order valence-corrected chi connectivity index (χ2v) is 3.41. The number of benzene rings is 1. The van der Waals surface area contributed by atoms with E-state index in [1.165, 1.54) is 0 Å². The van der Waals surface area contributed by atoms with Crippen LogP contribution in [0.5, 0.6) is 5.75 Å². The summed E-state index contributed by atoms with van der Waals surface area (Å²) in [6, 6.07) is 7.53. The summed E-state index contributed by atoms with van der Waals surface area (Å²) >= 11 is 0. The van der Waals surface area contributed by atoms with E-state index in [0.29, 0.717) is 13.2 Å². The van der Waals surface area contributed by atoms with Crippen LogP contribution in [-0.4, -0.2) is 25.4 Å². The molecular weight excluding hydrogens is 192 g/mol. The van der Waals surface area contributed by atoms with Gasteiger partial charge in [0.1, 0.15) is 5.75 Å². The molecule has 0 aliphatic heterocycles. The van der Waals surface area contributed by atoms with Gasteiger partial charge in [-0.05, 0) is 13.0 Å². The number of hydrogen-bond acceptors (Lipinski definition) is 3. The predicted molar refractivity (Wildman–Crippen MR) is 59.1 cm³/mol. The lowest BCUT2D eigenvalue weighted by molar-refractivity contribution is 0.166. The minimum absolute atomic E-state index is 0.497. The van der Waals surface area contributed by atoms with Crippen molar-refractivity contribution >= 4 is 0 Å². The Morgan fingerprint density at radius 1 is 1.27 bits per heavy atom. The molecule has 0 spiro atoms. The molecule has 1 atom stereocenters. The molecule has 0 heterocycles. The number of rotatable bonds is 6. The standard InChI is InChI=1S/C12H18O3/c1-10(13)11-6-3-4-7-12(11)15-9-5-8-14-2/h3-4,6-7,10,13H,5,8-9H2,1-2H3. The van der Waals surface area contributed by atoms with E-state index in [1.807, 2.05) is 24.3 Å². The van der Waals surface area contributed by atoms with Gasteiger partial charge in [0.25, 0.3) is 0 Å². The van der Waals surface area contributed by atoms with E-state index in [1.54, 1.807) is 14.0 Å². The van der Waals surface area contributed by atoms with Gasteiger partial charge in [0.05, 0.1) is 12.7 Å². The van der Waals surface area contributed by atoms with Crippen LogP contribution >= 0.6 is 0 Å². The molecule has 0 saturated heterocycles. The van der Waals surface area contributed by atoms with Crippen molar-refractivity contribution in [3.05, 3.63) is 29.8 Å². The summed E-state index contributed by atoms with van der Waals surface area (Å²) in [5.41, 5.74) is 0.829. The molecule has 0 aromatic heterocycles. The molecule has 1 aromatic carbocycles. The first-order valence-electron chi connectivity index (χ1n) is 5.14. The molecule has 3 heteroatoms. The maximum absolute atomic E-state index is 9.50. The maximum Gasteiger partial charge on any atom is 0.125 e. The van der Waals surface area contributed by atoms with Crippen molar-refractivity contribution < 1.29 is 14.6 Å². The van der Waals surface area contributed by atoms with Crippen molar-refractivity contribution in [3.8, 4) is 5.75 Å². The van der Waals surface area contributed by atoms with Crippen LogP contribution in [0.2, 0.25) is 0 Å². The number of ether oxygens (including phenoxy) is 2. The van der Waals surface area contributed by atoms with Crippen molar-refractivity contribution in [3.63, 3.8) is 0 Å². The highest BCUT2D eigenvalue weighted by Crippen LogP contribution is 2.24. The van der Waals surface area contributed by atoms with Gasteiger partial charge in [0.2, 0.25) is 0 Å². The molecule has 1 rings (SSSR count). The quantitative estimate of drug-likeness (QED) is 0.731. The first-order valence-corrected chi connectivity index (χ1v) is 5.14. The molecule has 3 nitrogen and oxygen atoms in total. The molecule has 0 aliphatic rings. The van der Waals surface area contributed by atoms with Gasteiger partial charge in [0, 0.05) is 25.7 Å². The average molecular weight is 210 g/mol. The summed E-state index contributed by atoms with van der Waals surface area (Å²) in [6.07, 6.45) is 0.355. The number of methoxy groups -OCH3 is 1. The molecule has 0 amide bonds. The molecule has 1 aromatic rings. The van der Waals surface area contributed by atoms with Crippen LogP contribution in [0, 0.1) is 0 Å². The van der Waals surface area contributed by atoms with E-state index in [9.17, 15) is 5.11 Å². The number of para-hydroxylation sites is 1. The number of aliphatic hydroxyl groups excluding tert-OH is 1. The van der Waals surface area contributed by atoms with E-state index in [-0.39, 0.29) is 0 Å². The lowest BCUT2D eigenvalue weighted by Gasteiger charge is -2.12. The van der Waals surface area contributed by atoms with Gasteiger partial charge >= 0.3 is 0 Å². The minimum atomic E-state index is -0.497. The van der Waals surface area contributed by atoms with Gasteiger partial charge in [-0.3, -0.25) is 0 Å². The summed E-state index contributed by atoms with van der Waals surface area (Å²) in [6.45, 7) is 3.03. The highest BCUT2D eigenvalue weighted by Gasteiger charge is 2.07. The zero-order valence-electron chi connectivity index (χ0n) is 9.27. The van der Waals surface area contributed by atoms with Crippen molar-refractivity contribution in [1.29, 1.82) is 0 Å². The molecule has 0 radical (unpaired) electrons. The lowest BCUT2D eigenvalue weighted by atomic mass is 10.1. The zero-order valence-corrected chi connectivity index (χ0v) is 9.27. The SMILES string of the molecule is COCCCOc1ccccc1C(C)O. The number of aliphatic hydroxyl groups is 1. The fourth-order valence-corrected chi connectivity index (χ4v) is 1.34. The van der Waals surface area contributed by atoms with Gasteiger partial charge in [0.15, 0.2) is 0 Å². The fourth-order valence-electron chi connectivity index (χ4n) is 1.34. The molecule has 15 heavy (non-hydrogen) atoms. The van der Waals surface area contributed by atoms with Gasteiger partial charge in [-0.1, -0.05) is 18.2 Å². The molecule has 0 aliphatic carbocycles. The van der Waals surface area contributed by atoms with Crippen LogP contribution in [0.25, 0.3) is 0 Å². The first-order chi connectivity index (χ1) is 7.25. The summed E-state index contributed by atoms with van der Waals surface area (Å²) in [5.74, 6) is 0.753. The Bertz CT molecular complexity index is 284. The smallest absolute Gasteiger partial charge is 0.125 e. The largest absolute Gasteiger partial charge is 0.493 e. The Kier molecular flexibility index (Phi) is 5.15. The van der Waals surface area contributed by atoms with E-state index in [0.717, 1.165) is 17.7 Å². The number of hydrogen-bond donors (Lipinski definition) is 1. The summed E-state index contributed by atoms with van der Waals surface area (Å²) in [7, 11) is 1.67. The van der Waals surface area contributed by atoms with Crippen molar-refractivity contribution in [2.75, 3.05) is 20.3 Å². The Labute approximate surface area is 90.6 Å². The van der Waals surface area contributed by atoms with Crippen molar-refractivity contribution in [1.82, 2.24) is 0 Å². The van der Waals surface area contributed by atoms with Gasteiger partial charge in [-0.2, -0.15) is 0 Å².